The molecule has 2 heterocycles. The lowest BCUT2D eigenvalue weighted by atomic mass is 10.1. The van der Waals surface area contributed by atoms with Crippen molar-refractivity contribution in [1.82, 2.24) is 0 Å². The maximum atomic E-state index is 11.5. The lowest BCUT2D eigenvalue weighted by molar-refractivity contribution is -0.229. The molecule has 6 nitrogen and oxygen atoms in total. The molecule has 1 unspecified atom stereocenters. The van der Waals surface area contributed by atoms with Gasteiger partial charge in [-0.3, -0.25) is 0 Å². The van der Waals surface area contributed by atoms with Crippen LogP contribution in [0.1, 0.15) is 13.8 Å². The Bertz CT molecular complexity index is 289. The first kappa shape index (κ1) is 11.8. The van der Waals surface area contributed by atoms with Crippen LogP contribution in [0.4, 0.5) is 0 Å². The third-order valence-corrected chi connectivity index (χ3v) is 2.68. The monoisotopic (exact) mass is 232 g/mol. The van der Waals surface area contributed by atoms with Crippen LogP contribution in [0.25, 0.3) is 0 Å². The molecule has 92 valence electrons. The topological polar surface area (TPSA) is 63.2 Å². The van der Waals surface area contributed by atoms with Gasteiger partial charge in [0.05, 0.1) is 7.11 Å². The molecule has 2 aliphatic heterocycles. The summed E-state index contributed by atoms with van der Waals surface area (Å²) in [4.78, 5) is 11.5. The van der Waals surface area contributed by atoms with E-state index in [1.54, 1.807) is 13.8 Å². The van der Waals surface area contributed by atoms with E-state index < -0.39 is 36.4 Å². The fourth-order valence-electron chi connectivity index (χ4n) is 2.06. The largest absolute Gasteiger partial charge is 0.467 e. The molecule has 4 atom stereocenters. The van der Waals surface area contributed by atoms with E-state index in [2.05, 4.69) is 4.74 Å². The summed E-state index contributed by atoms with van der Waals surface area (Å²) in [6.07, 6.45) is -2.27. The van der Waals surface area contributed by atoms with Crippen LogP contribution in [0.5, 0.6) is 0 Å². The lowest BCUT2D eigenvalue weighted by Gasteiger charge is -2.22. The van der Waals surface area contributed by atoms with Gasteiger partial charge in [0.15, 0.2) is 18.2 Å². The Morgan fingerprint density at radius 1 is 1.19 bits per heavy atom. The number of methoxy groups -OCH3 is 2. The minimum absolute atomic E-state index is 0.399. The third-order valence-electron chi connectivity index (χ3n) is 2.68. The molecule has 16 heavy (non-hydrogen) atoms. The van der Waals surface area contributed by atoms with E-state index in [1.165, 1.54) is 14.2 Å². The number of fused-ring (bicyclic) bond motifs is 1. The van der Waals surface area contributed by atoms with Crippen molar-refractivity contribution in [3.8, 4) is 0 Å². The van der Waals surface area contributed by atoms with Gasteiger partial charge in [-0.2, -0.15) is 0 Å². The van der Waals surface area contributed by atoms with Crippen molar-refractivity contribution in [3.05, 3.63) is 0 Å². The molecule has 0 amide bonds. The molecule has 0 N–H and O–H groups in total. The second-order valence-corrected chi connectivity index (χ2v) is 4.25. The number of carbonyl (C=O) groups is 1. The average Bonchev–Trinajstić information content (AvgIpc) is 2.69. The van der Waals surface area contributed by atoms with Gasteiger partial charge in [0.2, 0.25) is 0 Å². The summed E-state index contributed by atoms with van der Waals surface area (Å²) in [5.41, 5.74) is 0. The van der Waals surface area contributed by atoms with Crippen LogP contribution >= 0.6 is 0 Å². The normalized spacial score (nSPS) is 40.8. The van der Waals surface area contributed by atoms with Crippen LogP contribution in [-0.2, 0) is 28.5 Å². The molecule has 0 radical (unpaired) electrons. The quantitative estimate of drug-likeness (QED) is 0.627. The van der Waals surface area contributed by atoms with Crippen molar-refractivity contribution in [1.29, 1.82) is 0 Å². The SMILES string of the molecule is COC(=O)[C@H]1OC(OC)[C@@H]2OC(C)(C)O[C@H]12. The summed E-state index contributed by atoms with van der Waals surface area (Å²) in [5, 5.41) is 0. The van der Waals surface area contributed by atoms with Gasteiger partial charge in [-0.15, -0.1) is 0 Å². The van der Waals surface area contributed by atoms with E-state index in [0.717, 1.165) is 0 Å². The molecular weight excluding hydrogens is 216 g/mol. The second-order valence-electron chi connectivity index (χ2n) is 4.25. The molecule has 6 heteroatoms. The molecule has 0 aromatic heterocycles. The van der Waals surface area contributed by atoms with Crippen molar-refractivity contribution >= 4 is 5.97 Å². The maximum absolute atomic E-state index is 11.5. The zero-order valence-electron chi connectivity index (χ0n) is 9.76. The van der Waals surface area contributed by atoms with Crippen LogP contribution in [0.15, 0.2) is 0 Å². The Labute approximate surface area is 93.7 Å². The number of ether oxygens (including phenoxy) is 5. The van der Waals surface area contributed by atoms with Gasteiger partial charge in [-0.25, -0.2) is 4.79 Å². The summed E-state index contributed by atoms with van der Waals surface area (Å²) in [7, 11) is 2.80. The van der Waals surface area contributed by atoms with Gasteiger partial charge in [-0.1, -0.05) is 0 Å². The van der Waals surface area contributed by atoms with Crippen LogP contribution in [0.3, 0.4) is 0 Å². The molecule has 0 aromatic carbocycles. The van der Waals surface area contributed by atoms with E-state index in [9.17, 15) is 4.79 Å². The van der Waals surface area contributed by atoms with Gasteiger partial charge in [0, 0.05) is 7.11 Å². The minimum atomic E-state index is -0.790. The van der Waals surface area contributed by atoms with Gasteiger partial charge in [-0.05, 0) is 13.8 Å². The standard InChI is InChI=1S/C10H16O6/c1-10(2)15-5-6(8(11)12-3)14-9(13-4)7(5)16-10/h5-7,9H,1-4H3/t5-,6+,7-,9?/m1/s1. The van der Waals surface area contributed by atoms with Gasteiger partial charge < -0.3 is 23.7 Å². The van der Waals surface area contributed by atoms with Crippen molar-refractivity contribution in [2.24, 2.45) is 0 Å². The first-order valence-corrected chi connectivity index (χ1v) is 5.10. The Morgan fingerprint density at radius 2 is 1.81 bits per heavy atom. The Hall–Kier alpha value is -0.690. The second kappa shape index (κ2) is 3.96. The summed E-state index contributed by atoms with van der Waals surface area (Å²) in [6.45, 7) is 3.57. The summed E-state index contributed by atoms with van der Waals surface area (Å²) >= 11 is 0. The number of esters is 1. The van der Waals surface area contributed by atoms with E-state index >= 15 is 0 Å². The van der Waals surface area contributed by atoms with Crippen LogP contribution in [-0.4, -0.2) is 50.6 Å². The maximum Gasteiger partial charge on any atom is 0.337 e. The molecule has 2 rings (SSSR count). The molecule has 0 saturated carbocycles. The smallest absolute Gasteiger partial charge is 0.337 e. The predicted molar refractivity (Wildman–Crippen MR) is 51.5 cm³/mol. The van der Waals surface area contributed by atoms with Crippen molar-refractivity contribution < 1.29 is 28.5 Å². The van der Waals surface area contributed by atoms with Crippen LogP contribution in [0, 0.1) is 0 Å². The molecule has 0 spiro atoms. The average molecular weight is 232 g/mol. The van der Waals surface area contributed by atoms with Gasteiger partial charge in [0.25, 0.3) is 0 Å². The molecule has 2 saturated heterocycles. The van der Waals surface area contributed by atoms with E-state index in [1.807, 2.05) is 0 Å². The van der Waals surface area contributed by atoms with Gasteiger partial charge in [0.1, 0.15) is 12.2 Å². The van der Waals surface area contributed by atoms with Crippen molar-refractivity contribution in [2.45, 2.75) is 44.2 Å². The highest BCUT2D eigenvalue weighted by Crippen LogP contribution is 2.39. The third kappa shape index (κ3) is 1.82. The summed E-state index contributed by atoms with van der Waals surface area (Å²) in [5.74, 6) is -1.21. The highest BCUT2D eigenvalue weighted by Gasteiger charge is 2.58. The highest BCUT2D eigenvalue weighted by atomic mass is 16.8. The van der Waals surface area contributed by atoms with E-state index in [0.29, 0.717) is 0 Å². The van der Waals surface area contributed by atoms with Crippen LogP contribution in [0.2, 0.25) is 0 Å². The number of rotatable bonds is 2. The predicted octanol–water partition coefficient (Wildman–Crippen LogP) is 0.0508. The lowest BCUT2D eigenvalue weighted by Crippen LogP contribution is -2.36. The first-order valence-electron chi connectivity index (χ1n) is 5.10. The molecular formula is C10H16O6. The molecule has 0 bridgehead atoms. The van der Waals surface area contributed by atoms with Gasteiger partial charge >= 0.3 is 5.97 Å². The van der Waals surface area contributed by atoms with Crippen LogP contribution < -0.4 is 0 Å². The first-order chi connectivity index (χ1) is 7.48. The highest BCUT2D eigenvalue weighted by molar-refractivity contribution is 5.76. The summed E-state index contributed by atoms with van der Waals surface area (Å²) < 4.78 is 26.4. The molecule has 0 aromatic rings. The zero-order chi connectivity index (χ0) is 11.9. The molecule has 0 aliphatic carbocycles. The van der Waals surface area contributed by atoms with Crippen molar-refractivity contribution in [2.75, 3.05) is 14.2 Å². The Balaban J connectivity index is 2.17. The Morgan fingerprint density at radius 3 is 2.38 bits per heavy atom. The zero-order valence-corrected chi connectivity index (χ0v) is 9.76. The number of hydrogen-bond acceptors (Lipinski definition) is 6. The molecule has 2 fully saturated rings. The van der Waals surface area contributed by atoms with E-state index in [-0.39, 0.29) is 0 Å². The molecule has 2 aliphatic rings. The Kier molecular flexibility index (Phi) is 2.91. The summed E-state index contributed by atoms with van der Waals surface area (Å²) in [6, 6.07) is 0. The van der Waals surface area contributed by atoms with Crippen molar-refractivity contribution in [3.63, 3.8) is 0 Å². The minimum Gasteiger partial charge on any atom is -0.467 e. The number of carbonyl (C=O) groups excluding carboxylic acids is 1. The fraction of sp³-hybridized carbons (Fsp3) is 0.900. The number of hydrogen-bond donors (Lipinski definition) is 0. The fourth-order valence-corrected chi connectivity index (χ4v) is 2.06. The van der Waals surface area contributed by atoms with E-state index in [4.69, 9.17) is 18.9 Å².